The molecule has 0 N–H and O–H groups in total. The molecule has 3 nitrogen and oxygen atoms in total. The summed E-state index contributed by atoms with van der Waals surface area (Å²) in [6.45, 7) is 11.3. The summed E-state index contributed by atoms with van der Waals surface area (Å²) in [6, 6.07) is 106. The molecular weight excluding hydrogens is 991 g/mol. The fourth-order valence-corrected chi connectivity index (χ4v) is 10.9. The molecule has 0 saturated carbocycles. The molecule has 0 bridgehead atoms. The number of anilines is 3. The second-order valence-corrected chi connectivity index (χ2v) is 20.1. The molecule has 0 amide bonds. The molecule has 14 aromatic rings. The zero-order chi connectivity index (χ0) is 56.0. The molecule has 14 rings (SSSR count). The minimum Gasteiger partial charge on any atom is -0.310 e. The maximum Gasteiger partial charge on any atom is 0.0641 e. The van der Waals surface area contributed by atoms with Gasteiger partial charge in [-0.05, 0) is 125 Å². The number of hydrogen-bond donors (Lipinski definition) is 0. The second kappa shape index (κ2) is 25.5. The Labute approximate surface area is 482 Å². The molecule has 2 aromatic heterocycles. The van der Waals surface area contributed by atoms with Crippen molar-refractivity contribution in [2.24, 2.45) is 0 Å². The Bertz CT molecular complexity index is 4440. The zero-order valence-corrected chi connectivity index (χ0v) is 46.6. The van der Waals surface area contributed by atoms with Crippen molar-refractivity contribution in [1.29, 1.82) is 0 Å². The van der Waals surface area contributed by atoms with E-state index in [-0.39, 0.29) is 0 Å². The average molecular weight is 1060 g/mol. The number of rotatable bonds is 10. The van der Waals surface area contributed by atoms with Gasteiger partial charge in [-0.25, -0.2) is 0 Å². The van der Waals surface area contributed by atoms with Gasteiger partial charge in [0.1, 0.15) is 0 Å². The number of nitrogens with zero attached hydrogens (tertiary/aromatic N) is 3. The molecule has 0 aliphatic carbocycles. The van der Waals surface area contributed by atoms with Crippen LogP contribution in [0.5, 0.6) is 0 Å². The van der Waals surface area contributed by atoms with Gasteiger partial charge < -0.3 is 14.0 Å². The van der Waals surface area contributed by atoms with Crippen LogP contribution < -0.4 is 4.90 Å². The van der Waals surface area contributed by atoms with E-state index >= 15 is 0 Å². The Morgan fingerprint density at radius 3 is 1.56 bits per heavy atom. The van der Waals surface area contributed by atoms with Crippen LogP contribution in [-0.2, 0) is 0 Å². The van der Waals surface area contributed by atoms with Gasteiger partial charge in [-0.15, -0.1) is 0 Å². The van der Waals surface area contributed by atoms with E-state index in [0.29, 0.717) is 0 Å². The standard InChI is InChI=1S/C58H39N3.C8H8.C7H8.C6H10/c1-4-16-40(17-5-1)44-29-36-55(52(39-44)42-19-6-2-7-20-42)59(45-22-8-3-9-23-45)46-31-33-47(34-32-46)61-53-26-14-12-24-49(53)50-35-37-56-57(58(50)61)51-25-13-15-27-54(51)60(56)48-30-28-41-18-10-11-21-43(41)38-48;1-2-8-6-4-3-5-7-8;1-7-5-3-2-4-6-7;1-3-5-6-4-2/h1-39H;2-7H,1H2;2-6H,1H3;3,5-6H,1,4H2,2H3/b;;;6-5-. The maximum absolute atomic E-state index is 3.63. The topological polar surface area (TPSA) is 13.1 Å². The molecule has 0 atom stereocenters. The molecule has 0 unspecified atom stereocenters. The van der Waals surface area contributed by atoms with Gasteiger partial charge in [-0.1, -0.05) is 268 Å². The van der Waals surface area contributed by atoms with Crippen molar-refractivity contribution in [3.63, 3.8) is 0 Å². The molecule has 0 saturated heterocycles. The van der Waals surface area contributed by atoms with E-state index in [1.54, 1.807) is 6.08 Å². The Balaban J connectivity index is 0.000000283. The summed E-state index contributed by atoms with van der Waals surface area (Å²) >= 11 is 0. The first-order valence-electron chi connectivity index (χ1n) is 28.1. The molecule has 0 fully saturated rings. The van der Waals surface area contributed by atoms with Gasteiger partial charge >= 0.3 is 0 Å². The summed E-state index contributed by atoms with van der Waals surface area (Å²) in [6.07, 6.45) is 8.72. The van der Waals surface area contributed by atoms with Crippen molar-refractivity contribution in [3.8, 4) is 33.6 Å². The summed E-state index contributed by atoms with van der Waals surface area (Å²) < 4.78 is 4.91. The van der Waals surface area contributed by atoms with Gasteiger partial charge in [-0.2, -0.15) is 0 Å². The fraction of sp³-hybridized carbons (Fsp3) is 0.0380. The summed E-state index contributed by atoms with van der Waals surface area (Å²) in [5.41, 5.74) is 17.6. The van der Waals surface area contributed by atoms with Crippen LogP contribution in [0.25, 0.3) is 94.1 Å². The second-order valence-electron chi connectivity index (χ2n) is 20.1. The highest BCUT2D eigenvalue weighted by molar-refractivity contribution is 6.26. The SMILES string of the molecule is C=C/C=C\CC.C=Cc1ccccc1.Cc1ccccc1.c1ccc(-c2ccc(N(c3ccccc3)c3ccc(-n4c5ccccc5c5ccc6c(c7ccccc7n6-c6ccc7ccccc7c6)c54)cc3)c(-c3ccccc3)c2)cc1. The largest absolute Gasteiger partial charge is 0.310 e. The van der Waals surface area contributed by atoms with Gasteiger partial charge in [-0.3, -0.25) is 0 Å². The molecule has 0 aliphatic rings. The van der Waals surface area contributed by atoms with Crippen LogP contribution in [-0.4, -0.2) is 9.13 Å². The molecule has 82 heavy (non-hydrogen) atoms. The Morgan fingerprint density at radius 2 is 0.951 bits per heavy atom. The number of allylic oxidation sites excluding steroid dienone is 3. The van der Waals surface area contributed by atoms with E-state index in [4.69, 9.17) is 0 Å². The van der Waals surface area contributed by atoms with E-state index in [0.717, 1.165) is 34.9 Å². The van der Waals surface area contributed by atoms with Crippen molar-refractivity contribution >= 4 is 77.5 Å². The highest BCUT2D eigenvalue weighted by Gasteiger charge is 2.23. The molecular formula is C79H65N3. The number of aromatic nitrogens is 2. The van der Waals surface area contributed by atoms with Crippen molar-refractivity contribution in [1.82, 2.24) is 9.13 Å². The maximum atomic E-state index is 3.63. The molecule has 12 aromatic carbocycles. The van der Waals surface area contributed by atoms with Crippen LogP contribution in [0.3, 0.4) is 0 Å². The van der Waals surface area contributed by atoms with E-state index in [9.17, 15) is 0 Å². The van der Waals surface area contributed by atoms with Gasteiger partial charge in [0, 0.05) is 49.9 Å². The third-order valence-electron chi connectivity index (χ3n) is 14.8. The van der Waals surface area contributed by atoms with Crippen LogP contribution in [0, 0.1) is 6.92 Å². The summed E-state index contributed by atoms with van der Waals surface area (Å²) in [7, 11) is 0. The lowest BCUT2D eigenvalue weighted by Gasteiger charge is -2.28. The monoisotopic (exact) mass is 1060 g/mol. The van der Waals surface area contributed by atoms with Crippen molar-refractivity contribution in [3.05, 3.63) is 340 Å². The lowest BCUT2D eigenvalue weighted by atomic mass is 9.96. The van der Waals surface area contributed by atoms with Crippen LogP contribution in [0.15, 0.2) is 329 Å². The molecule has 0 spiro atoms. The number of para-hydroxylation sites is 3. The van der Waals surface area contributed by atoms with E-state index < -0.39 is 0 Å². The lowest BCUT2D eigenvalue weighted by Crippen LogP contribution is -2.11. The first-order valence-corrected chi connectivity index (χ1v) is 28.1. The Hall–Kier alpha value is -10.5. The highest BCUT2D eigenvalue weighted by atomic mass is 15.1. The molecule has 0 radical (unpaired) electrons. The van der Waals surface area contributed by atoms with Crippen LogP contribution >= 0.6 is 0 Å². The first kappa shape index (κ1) is 53.5. The van der Waals surface area contributed by atoms with Crippen molar-refractivity contribution in [2.45, 2.75) is 20.3 Å². The number of aryl methyl sites for hydroxylation is 1. The lowest BCUT2D eigenvalue weighted by molar-refractivity contribution is 1.17. The molecule has 3 heteroatoms. The minimum atomic E-state index is 1.08. The molecule has 2 heterocycles. The predicted octanol–water partition coefficient (Wildman–Crippen LogP) is 22.3. The van der Waals surface area contributed by atoms with Crippen molar-refractivity contribution in [2.75, 3.05) is 4.90 Å². The summed E-state index contributed by atoms with van der Waals surface area (Å²) in [5.74, 6) is 0. The van der Waals surface area contributed by atoms with Gasteiger partial charge in [0.15, 0.2) is 0 Å². The number of hydrogen-bond acceptors (Lipinski definition) is 1. The van der Waals surface area contributed by atoms with Gasteiger partial charge in [0.05, 0.1) is 27.8 Å². The summed E-state index contributed by atoms with van der Waals surface area (Å²) in [4.78, 5) is 2.39. The Kier molecular flexibility index (Phi) is 16.7. The Morgan fingerprint density at radius 1 is 0.402 bits per heavy atom. The quantitative estimate of drug-likeness (QED) is 0.124. The van der Waals surface area contributed by atoms with Crippen LogP contribution in [0.2, 0.25) is 0 Å². The highest BCUT2D eigenvalue weighted by Crippen LogP contribution is 2.45. The first-order chi connectivity index (χ1) is 40.5. The van der Waals surface area contributed by atoms with Crippen LogP contribution in [0.1, 0.15) is 24.5 Å². The predicted molar refractivity (Wildman–Crippen MR) is 356 cm³/mol. The third kappa shape index (κ3) is 11.5. The third-order valence-corrected chi connectivity index (χ3v) is 14.8. The van der Waals surface area contributed by atoms with Gasteiger partial charge in [0.25, 0.3) is 0 Å². The van der Waals surface area contributed by atoms with Crippen molar-refractivity contribution < 1.29 is 0 Å². The number of fused-ring (bicyclic) bond motifs is 8. The minimum absolute atomic E-state index is 1.08. The average Bonchev–Trinajstić information content (AvgIpc) is 2.71. The zero-order valence-electron chi connectivity index (χ0n) is 46.6. The number of benzene rings is 12. The molecule has 396 valence electrons. The van der Waals surface area contributed by atoms with E-state index in [1.807, 2.05) is 60.7 Å². The normalized spacial score (nSPS) is 10.9. The summed E-state index contributed by atoms with van der Waals surface area (Å²) in [5, 5.41) is 7.43. The fourth-order valence-electron chi connectivity index (χ4n) is 10.9. The van der Waals surface area contributed by atoms with E-state index in [2.05, 4.69) is 296 Å². The van der Waals surface area contributed by atoms with Crippen LogP contribution in [0.4, 0.5) is 17.1 Å². The smallest absolute Gasteiger partial charge is 0.0641 e. The molecule has 0 aliphatic heterocycles. The van der Waals surface area contributed by atoms with E-state index in [1.165, 1.54) is 87.8 Å². The van der Waals surface area contributed by atoms with Gasteiger partial charge in [0.2, 0.25) is 0 Å².